The molecule has 0 bridgehead atoms. The van der Waals surface area contributed by atoms with Crippen LogP contribution in [0.5, 0.6) is 0 Å². The number of alkyl halides is 3. The van der Waals surface area contributed by atoms with Gasteiger partial charge in [-0.15, -0.1) is 0 Å². The van der Waals surface area contributed by atoms with E-state index in [0.717, 1.165) is 24.3 Å². The average molecular weight is 409 g/mol. The number of halogens is 3. The molecule has 0 spiro atoms. The molecule has 0 radical (unpaired) electrons. The van der Waals surface area contributed by atoms with Gasteiger partial charge in [-0.05, 0) is 48.5 Å². The van der Waals surface area contributed by atoms with Crippen LogP contribution in [0.15, 0.2) is 76.0 Å². The number of nitrogens with one attached hydrogen (secondary N) is 1. The number of sulfone groups is 1. The summed E-state index contributed by atoms with van der Waals surface area (Å²) in [5.41, 5.74) is -0.690. The van der Waals surface area contributed by atoms with Crippen molar-refractivity contribution in [2.45, 2.75) is 16.8 Å². The van der Waals surface area contributed by atoms with Crippen molar-refractivity contribution in [1.82, 2.24) is 0 Å². The van der Waals surface area contributed by atoms with Crippen LogP contribution in [-0.2, 0) is 21.8 Å². The Labute approximate surface area is 158 Å². The van der Waals surface area contributed by atoms with Gasteiger partial charge < -0.3 is 9.73 Å². The third-order valence-corrected chi connectivity index (χ3v) is 5.45. The van der Waals surface area contributed by atoms with E-state index in [4.69, 9.17) is 4.42 Å². The van der Waals surface area contributed by atoms with Gasteiger partial charge in [-0.25, -0.2) is 8.42 Å². The molecule has 1 aromatic heterocycles. The standard InChI is InChI=1S/C19H14F3NO4S/c20-19(21,22)13-6-8-14(9-7-13)23-18(24)17-11-10-15(27-17)12-28(25,26)16-4-2-1-3-5-16/h1-11H,12H2,(H,23,24). The molecule has 28 heavy (non-hydrogen) atoms. The third-order valence-electron chi connectivity index (χ3n) is 3.79. The summed E-state index contributed by atoms with van der Waals surface area (Å²) >= 11 is 0. The Morgan fingerprint density at radius 1 is 0.929 bits per heavy atom. The van der Waals surface area contributed by atoms with Crippen molar-refractivity contribution in [2.75, 3.05) is 5.32 Å². The van der Waals surface area contributed by atoms with Gasteiger partial charge in [-0.1, -0.05) is 18.2 Å². The molecule has 0 aliphatic rings. The van der Waals surface area contributed by atoms with E-state index in [1.54, 1.807) is 18.2 Å². The van der Waals surface area contributed by atoms with Gasteiger partial charge in [0.05, 0.1) is 10.5 Å². The fraction of sp³-hybridized carbons (Fsp3) is 0.105. The zero-order valence-corrected chi connectivity index (χ0v) is 15.0. The van der Waals surface area contributed by atoms with Crippen LogP contribution in [0.2, 0.25) is 0 Å². The number of hydrogen-bond acceptors (Lipinski definition) is 4. The lowest BCUT2D eigenvalue weighted by Gasteiger charge is -2.08. The zero-order valence-electron chi connectivity index (χ0n) is 14.2. The van der Waals surface area contributed by atoms with Gasteiger partial charge in [0.25, 0.3) is 5.91 Å². The zero-order chi connectivity index (χ0) is 20.4. The number of amides is 1. The van der Waals surface area contributed by atoms with E-state index >= 15 is 0 Å². The van der Waals surface area contributed by atoms with Crippen LogP contribution < -0.4 is 5.32 Å². The molecule has 0 unspecified atom stereocenters. The fourth-order valence-corrected chi connectivity index (χ4v) is 3.68. The summed E-state index contributed by atoms with van der Waals surface area (Å²) in [6, 6.07) is 14.4. The summed E-state index contributed by atoms with van der Waals surface area (Å²) in [5, 5.41) is 2.40. The van der Waals surface area contributed by atoms with E-state index in [0.29, 0.717) is 0 Å². The highest BCUT2D eigenvalue weighted by Crippen LogP contribution is 2.30. The van der Waals surface area contributed by atoms with Crippen molar-refractivity contribution >= 4 is 21.4 Å². The van der Waals surface area contributed by atoms with Gasteiger partial charge in [0, 0.05) is 5.69 Å². The maximum absolute atomic E-state index is 12.6. The molecule has 0 saturated heterocycles. The molecule has 1 N–H and O–H groups in total. The highest BCUT2D eigenvalue weighted by Gasteiger charge is 2.30. The fourth-order valence-electron chi connectivity index (χ4n) is 2.41. The van der Waals surface area contributed by atoms with Crippen LogP contribution in [0.1, 0.15) is 21.9 Å². The molecular formula is C19H14F3NO4S. The highest BCUT2D eigenvalue weighted by atomic mass is 32.2. The summed E-state index contributed by atoms with van der Waals surface area (Å²) < 4.78 is 67.6. The van der Waals surface area contributed by atoms with Crippen LogP contribution in [0.4, 0.5) is 18.9 Å². The van der Waals surface area contributed by atoms with Crippen LogP contribution in [0.3, 0.4) is 0 Å². The minimum Gasteiger partial charge on any atom is -0.455 e. The van der Waals surface area contributed by atoms with Gasteiger partial charge in [0.2, 0.25) is 0 Å². The van der Waals surface area contributed by atoms with Crippen molar-refractivity contribution in [1.29, 1.82) is 0 Å². The van der Waals surface area contributed by atoms with Crippen LogP contribution >= 0.6 is 0 Å². The predicted octanol–water partition coefficient (Wildman–Crippen LogP) is 4.52. The molecule has 0 saturated carbocycles. The molecule has 1 heterocycles. The Morgan fingerprint density at radius 3 is 2.18 bits per heavy atom. The molecule has 2 aromatic carbocycles. The number of furan rings is 1. The number of carbonyl (C=O) groups excluding carboxylic acids is 1. The first-order chi connectivity index (χ1) is 13.1. The Balaban J connectivity index is 1.69. The van der Waals surface area contributed by atoms with Gasteiger partial charge in [-0.2, -0.15) is 13.2 Å². The maximum atomic E-state index is 12.6. The monoisotopic (exact) mass is 409 g/mol. The topological polar surface area (TPSA) is 76.4 Å². The number of anilines is 1. The summed E-state index contributed by atoms with van der Waals surface area (Å²) in [5.74, 6) is -1.22. The first-order valence-corrected chi connectivity index (χ1v) is 9.65. The Hall–Kier alpha value is -3.07. The summed E-state index contributed by atoms with van der Waals surface area (Å²) in [6.07, 6.45) is -4.47. The summed E-state index contributed by atoms with van der Waals surface area (Å²) in [4.78, 5) is 12.3. The highest BCUT2D eigenvalue weighted by molar-refractivity contribution is 7.90. The summed E-state index contributed by atoms with van der Waals surface area (Å²) in [7, 11) is -3.64. The van der Waals surface area contributed by atoms with Crippen molar-refractivity contribution in [3.63, 3.8) is 0 Å². The Morgan fingerprint density at radius 2 is 1.57 bits per heavy atom. The third kappa shape index (κ3) is 4.61. The molecular weight excluding hydrogens is 395 g/mol. The second kappa shape index (κ2) is 7.51. The normalized spacial score (nSPS) is 12.0. The van der Waals surface area contributed by atoms with Crippen molar-refractivity contribution in [3.05, 3.63) is 83.8 Å². The van der Waals surface area contributed by atoms with Gasteiger partial charge in [0.15, 0.2) is 15.6 Å². The molecule has 3 aromatic rings. The maximum Gasteiger partial charge on any atom is 0.416 e. The first kappa shape index (κ1) is 19.7. The number of carbonyl (C=O) groups is 1. The molecule has 0 aliphatic heterocycles. The molecule has 0 aliphatic carbocycles. The Bertz CT molecular complexity index is 1070. The number of benzene rings is 2. The van der Waals surface area contributed by atoms with Crippen LogP contribution in [0, 0.1) is 0 Å². The van der Waals surface area contributed by atoms with Gasteiger partial charge >= 0.3 is 6.18 Å². The minimum absolute atomic E-state index is 0.0708. The molecule has 9 heteroatoms. The van der Waals surface area contributed by atoms with Crippen LogP contribution in [-0.4, -0.2) is 14.3 Å². The molecule has 0 fully saturated rings. The van der Waals surface area contributed by atoms with Gasteiger partial charge in [0.1, 0.15) is 11.5 Å². The quantitative estimate of drug-likeness (QED) is 0.672. The smallest absolute Gasteiger partial charge is 0.416 e. The lowest BCUT2D eigenvalue weighted by Crippen LogP contribution is -2.11. The Kier molecular flexibility index (Phi) is 5.28. The van der Waals surface area contributed by atoms with Crippen molar-refractivity contribution in [3.8, 4) is 0 Å². The molecule has 3 rings (SSSR count). The molecule has 5 nitrogen and oxygen atoms in total. The van der Waals surface area contributed by atoms with E-state index in [2.05, 4.69) is 5.32 Å². The number of rotatable bonds is 5. The molecule has 1 amide bonds. The minimum atomic E-state index is -4.47. The second-order valence-corrected chi connectivity index (χ2v) is 7.86. The van der Waals surface area contributed by atoms with Crippen molar-refractivity contribution < 1.29 is 30.8 Å². The first-order valence-electron chi connectivity index (χ1n) is 8.00. The number of hydrogen-bond donors (Lipinski definition) is 1. The van der Waals surface area contributed by atoms with E-state index < -0.39 is 33.2 Å². The largest absolute Gasteiger partial charge is 0.455 e. The van der Waals surface area contributed by atoms with Gasteiger partial charge in [-0.3, -0.25) is 4.79 Å². The lowest BCUT2D eigenvalue weighted by molar-refractivity contribution is -0.137. The van der Waals surface area contributed by atoms with Crippen molar-refractivity contribution in [2.24, 2.45) is 0 Å². The lowest BCUT2D eigenvalue weighted by atomic mass is 10.2. The van der Waals surface area contributed by atoms with E-state index in [1.165, 1.54) is 24.3 Å². The van der Waals surface area contributed by atoms with Crippen LogP contribution in [0.25, 0.3) is 0 Å². The van der Waals surface area contributed by atoms with E-state index in [9.17, 15) is 26.4 Å². The predicted molar refractivity (Wildman–Crippen MR) is 95.4 cm³/mol. The summed E-state index contributed by atoms with van der Waals surface area (Å²) in [6.45, 7) is 0. The molecule has 146 valence electrons. The average Bonchev–Trinajstić information content (AvgIpc) is 3.10. The van der Waals surface area contributed by atoms with E-state index in [-0.39, 0.29) is 22.1 Å². The van der Waals surface area contributed by atoms with E-state index in [1.807, 2.05) is 0 Å². The SMILES string of the molecule is O=C(Nc1ccc(C(F)(F)F)cc1)c1ccc(CS(=O)(=O)c2ccccc2)o1. The second-order valence-electron chi connectivity index (χ2n) is 5.87. The molecule has 0 atom stereocenters.